The normalized spacial score (nSPS) is 13.7. The Balaban J connectivity index is 1.01. The number of carbonyl (C=O) groups is 6. The lowest BCUT2D eigenvalue weighted by Gasteiger charge is -2.15. The number of aliphatic imine (C=N–C) groups is 1. The van der Waals surface area contributed by atoms with Crippen LogP contribution in [0.2, 0.25) is 0 Å². The molecule has 0 aliphatic carbocycles. The third kappa shape index (κ3) is 29.1. The van der Waals surface area contributed by atoms with Gasteiger partial charge in [-0.15, -0.1) is 0 Å². The summed E-state index contributed by atoms with van der Waals surface area (Å²) in [5, 5.41) is 11.2. The van der Waals surface area contributed by atoms with Crippen LogP contribution >= 0.6 is 0 Å². The lowest BCUT2D eigenvalue weighted by molar-refractivity contribution is -0.141. The van der Waals surface area contributed by atoms with Gasteiger partial charge >= 0.3 is 0 Å². The maximum atomic E-state index is 13.2. The fourth-order valence-electron chi connectivity index (χ4n) is 6.36. The van der Waals surface area contributed by atoms with Gasteiger partial charge in [0.05, 0.1) is 149 Å². The van der Waals surface area contributed by atoms with E-state index in [1.807, 2.05) is 26.0 Å². The highest BCUT2D eigenvalue weighted by atomic mass is 16.6. The molecule has 1 aromatic rings. The van der Waals surface area contributed by atoms with Gasteiger partial charge in [-0.05, 0) is 31.9 Å². The van der Waals surface area contributed by atoms with Gasteiger partial charge < -0.3 is 74.4 Å². The second-order valence-electron chi connectivity index (χ2n) is 15.9. The Kier molecular flexibility index (Phi) is 33.8. The number of hydrogen-bond donors (Lipinski definition) is 5. The number of allylic oxidation sites excluding steroid dienone is 1. The quantitative estimate of drug-likeness (QED) is 0.0330. The van der Waals surface area contributed by atoms with Gasteiger partial charge in [0.2, 0.25) is 17.7 Å². The molecule has 1 aromatic heterocycles. The first kappa shape index (κ1) is 61.8. The van der Waals surface area contributed by atoms with E-state index >= 15 is 0 Å². The maximum Gasteiger partial charge on any atom is 0.254 e. The zero-order chi connectivity index (χ0) is 52.6. The summed E-state index contributed by atoms with van der Waals surface area (Å²) in [6, 6.07) is 1.19. The summed E-state index contributed by atoms with van der Waals surface area (Å²) in [4.78, 5) is 82.6. The maximum absolute atomic E-state index is 13.2. The van der Waals surface area contributed by atoms with E-state index in [4.69, 9.17) is 53.1 Å². The fraction of sp³-hybridized carbons (Fsp3) is 0.633. The molecule has 2 aliphatic rings. The van der Waals surface area contributed by atoms with Crippen molar-refractivity contribution in [2.24, 2.45) is 10.7 Å². The van der Waals surface area contributed by atoms with Crippen LogP contribution in [0.25, 0.3) is 6.08 Å². The summed E-state index contributed by atoms with van der Waals surface area (Å²) in [5.41, 5.74) is 7.64. The van der Waals surface area contributed by atoms with Crippen molar-refractivity contribution in [1.82, 2.24) is 31.2 Å². The van der Waals surface area contributed by atoms with Gasteiger partial charge in [0, 0.05) is 62.4 Å². The SMILES string of the molecule is CC=CC(CCC(=O)NCCOCCOCCOCCOCCOCCOCCOCCOCCOCCOCCNC(=O)CN1C(=O)C=CC1=O)NC(=O)c1cnc2c(c1)N=C(N)CC(C(=O)NCCC)=C2. The Bertz CT molecular complexity index is 1920. The minimum atomic E-state index is -0.501. The smallest absolute Gasteiger partial charge is 0.254 e. The van der Waals surface area contributed by atoms with Gasteiger partial charge in [-0.25, -0.2) is 4.99 Å². The zero-order valence-corrected chi connectivity index (χ0v) is 42.4. The monoisotopic (exact) mass is 1030 g/mol. The predicted molar refractivity (Wildman–Crippen MR) is 267 cm³/mol. The van der Waals surface area contributed by atoms with Crippen LogP contribution in [0.3, 0.4) is 0 Å². The molecule has 0 fully saturated rings. The molecule has 408 valence electrons. The molecule has 0 aromatic carbocycles. The van der Waals surface area contributed by atoms with Gasteiger partial charge in [-0.2, -0.15) is 0 Å². The van der Waals surface area contributed by atoms with Crippen molar-refractivity contribution in [2.45, 2.75) is 45.6 Å². The molecule has 0 spiro atoms. The molecule has 24 heteroatoms. The molecule has 3 heterocycles. The zero-order valence-electron chi connectivity index (χ0n) is 42.4. The number of imide groups is 1. The van der Waals surface area contributed by atoms with Gasteiger partial charge in [-0.3, -0.25) is 38.7 Å². The second kappa shape index (κ2) is 39.9. The fourth-order valence-corrected chi connectivity index (χ4v) is 6.36. The minimum Gasteiger partial charge on any atom is -0.387 e. The number of nitrogens with two attached hydrogens (primary N) is 1. The number of rotatable bonds is 44. The van der Waals surface area contributed by atoms with Gasteiger partial charge in [0.15, 0.2) is 0 Å². The molecule has 24 nitrogen and oxygen atoms in total. The molecule has 0 saturated heterocycles. The number of nitrogens with zero attached hydrogens (tertiary/aromatic N) is 3. The summed E-state index contributed by atoms with van der Waals surface area (Å²) in [7, 11) is 0. The van der Waals surface area contributed by atoms with E-state index in [1.165, 1.54) is 6.20 Å². The number of nitrogens with one attached hydrogen (secondary N) is 4. The first-order valence-electron chi connectivity index (χ1n) is 24.7. The molecule has 6 N–H and O–H groups in total. The molecule has 6 amide bonds. The summed E-state index contributed by atoms with van der Waals surface area (Å²) >= 11 is 0. The number of pyridine rings is 1. The van der Waals surface area contributed by atoms with Crippen LogP contribution in [0.1, 0.15) is 55.6 Å². The third-order valence-corrected chi connectivity index (χ3v) is 10.0. The van der Waals surface area contributed by atoms with Gasteiger partial charge in [0.25, 0.3) is 17.7 Å². The average Bonchev–Trinajstić information content (AvgIpc) is 3.58. The molecule has 0 saturated carbocycles. The van der Waals surface area contributed by atoms with E-state index in [2.05, 4.69) is 31.2 Å². The number of ether oxygens (including phenoxy) is 10. The van der Waals surface area contributed by atoms with E-state index < -0.39 is 23.8 Å². The Morgan fingerprint density at radius 2 is 1.10 bits per heavy atom. The van der Waals surface area contributed by atoms with Gasteiger partial charge in [-0.1, -0.05) is 19.1 Å². The van der Waals surface area contributed by atoms with Crippen molar-refractivity contribution in [1.29, 1.82) is 0 Å². The summed E-state index contributed by atoms with van der Waals surface area (Å²) in [6.07, 6.45) is 10.5. The van der Waals surface area contributed by atoms with E-state index in [-0.39, 0.29) is 61.7 Å². The minimum absolute atomic E-state index is 0.167. The molecule has 1 unspecified atom stereocenters. The van der Waals surface area contributed by atoms with Crippen LogP contribution in [-0.2, 0) is 71.3 Å². The highest BCUT2D eigenvalue weighted by Gasteiger charge is 2.25. The van der Waals surface area contributed by atoms with Crippen molar-refractivity contribution in [3.63, 3.8) is 0 Å². The molecular formula is C49H76N8O16. The summed E-state index contributed by atoms with van der Waals surface area (Å²) < 4.78 is 54.8. The Morgan fingerprint density at radius 1 is 0.644 bits per heavy atom. The Labute approximate surface area is 427 Å². The van der Waals surface area contributed by atoms with Crippen molar-refractivity contribution in [3.05, 3.63) is 53.4 Å². The second-order valence-corrected chi connectivity index (χ2v) is 15.9. The molecule has 0 bridgehead atoms. The molecule has 73 heavy (non-hydrogen) atoms. The number of aromatic nitrogens is 1. The largest absolute Gasteiger partial charge is 0.387 e. The van der Waals surface area contributed by atoms with Crippen LogP contribution < -0.4 is 27.0 Å². The number of fused-ring (bicyclic) bond motifs is 1. The van der Waals surface area contributed by atoms with Crippen molar-refractivity contribution < 1.29 is 76.1 Å². The van der Waals surface area contributed by atoms with Crippen LogP contribution in [-0.4, -0.2) is 216 Å². The first-order chi connectivity index (χ1) is 35.6. The highest BCUT2D eigenvalue weighted by molar-refractivity contribution is 6.14. The molecule has 0 radical (unpaired) electrons. The third-order valence-electron chi connectivity index (χ3n) is 10.0. The topological polar surface area (TPSA) is 297 Å². The van der Waals surface area contributed by atoms with E-state index in [0.717, 1.165) is 23.5 Å². The number of hydrogen-bond acceptors (Lipinski definition) is 19. The predicted octanol–water partition coefficient (Wildman–Crippen LogP) is 0.162. The summed E-state index contributed by atoms with van der Waals surface area (Å²) in [5.74, 6) is -1.98. The lowest BCUT2D eigenvalue weighted by atomic mass is 10.1. The standard InChI is InChI=1S/C49H76N8O16/c1-3-5-40(55-49(63)39-34-42-41(54-36-39)33-38(35-43(50)56-42)48(62)53-10-4-2)6-7-44(58)51-11-13-64-15-17-66-19-21-68-23-25-70-27-29-72-31-32-73-30-28-71-26-24-69-22-20-67-18-16-65-14-12-52-45(59)37-57-46(60)8-9-47(57)61/h3,5,8-9,33-34,36,40H,4,6-7,10-32,35,37H2,1-2H3,(H2,50,56)(H,51,58)(H,52,59)(H,53,62)(H,55,63). The van der Waals surface area contributed by atoms with Gasteiger partial charge in [0.1, 0.15) is 12.4 Å². The van der Waals surface area contributed by atoms with Crippen molar-refractivity contribution in [2.75, 3.05) is 158 Å². The highest BCUT2D eigenvalue weighted by Crippen LogP contribution is 2.26. The Hall–Kier alpha value is -5.54. The van der Waals surface area contributed by atoms with Crippen LogP contribution in [0, 0.1) is 0 Å². The van der Waals surface area contributed by atoms with E-state index in [9.17, 15) is 28.8 Å². The first-order valence-corrected chi connectivity index (χ1v) is 24.7. The average molecular weight is 1030 g/mol. The molecule has 3 rings (SSSR count). The lowest BCUT2D eigenvalue weighted by Crippen LogP contribution is -2.41. The molecular weight excluding hydrogens is 957 g/mol. The number of carbonyl (C=O) groups excluding carboxylic acids is 6. The van der Waals surface area contributed by atoms with E-state index in [1.54, 1.807) is 12.1 Å². The summed E-state index contributed by atoms with van der Waals surface area (Å²) in [6.45, 7) is 12.7. The number of amides is 6. The molecule has 2 aliphatic heterocycles. The van der Waals surface area contributed by atoms with Crippen LogP contribution in [0.15, 0.2) is 47.1 Å². The van der Waals surface area contributed by atoms with Crippen LogP contribution in [0.5, 0.6) is 0 Å². The Morgan fingerprint density at radius 3 is 1.55 bits per heavy atom. The molecule has 1 atom stereocenters. The van der Waals surface area contributed by atoms with Crippen molar-refractivity contribution >= 4 is 53.0 Å². The number of amidine groups is 1. The van der Waals surface area contributed by atoms with Crippen LogP contribution in [0.4, 0.5) is 5.69 Å². The van der Waals surface area contributed by atoms with E-state index in [0.29, 0.717) is 162 Å². The van der Waals surface area contributed by atoms with Crippen molar-refractivity contribution in [3.8, 4) is 0 Å².